The molecule has 1 nitrogen and oxygen atoms in total. The predicted molar refractivity (Wildman–Crippen MR) is 74.1 cm³/mol. The van der Waals surface area contributed by atoms with E-state index in [-0.39, 0.29) is 5.82 Å². The Morgan fingerprint density at radius 2 is 2.00 bits per heavy atom. The second-order valence-electron chi connectivity index (χ2n) is 4.56. The van der Waals surface area contributed by atoms with Crippen LogP contribution in [0.4, 0.5) is 4.39 Å². The Hall–Kier alpha value is -0.540. The molecule has 1 N–H and O–H groups in total. The van der Waals surface area contributed by atoms with Gasteiger partial charge in [-0.05, 0) is 37.4 Å². The van der Waals surface area contributed by atoms with E-state index in [1.54, 1.807) is 17.8 Å². The molecule has 0 bridgehead atoms. The molecule has 0 radical (unpaired) electrons. The lowest BCUT2D eigenvalue weighted by molar-refractivity contribution is 0.534. The Morgan fingerprint density at radius 3 is 2.71 bits per heavy atom. The van der Waals surface area contributed by atoms with Crippen molar-refractivity contribution in [3.05, 3.63) is 30.1 Å². The molecule has 0 spiro atoms. The molecule has 0 aliphatic heterocycles. The average molecular weight is 255 g/mol. The fraction of sp³-hybridized carbons (Fsp3) is 0.571. The topological polar surface area (TPSA) is 12.0 Å². The van der Waals surface area contributed by atoms with E-state index in [2.05, 4.69) is 19.2 Å². The number of rotatable bonds is 8. The average Bonchev–Trinajstić information content (AvgIpc) is 2.30. The molecule has 1 aromatic rings. The molecular weight excluding hydrogens is 233 g/mol. The highest BCUT2D eigenvalue weighted by Gasteiger charge is 2.00. The van der Waals surface area contributed by atoms with Crippen LogP contribution in [0.25, 0.3) is 0 Å². The monoisotopic (exact) mass is 255 g/mol. The summed E-state index contributed by atoms with van der Waals surface area (Å²) in [6, 6.07) is 6.95. The van der Waals surface area contributed by atoms with Gasteiger partial charge < -0.3 is 5.32 Å². The van der Waals surface area contributed by atoms with E-state index < -0.39 is 0 Å². The zero-order valence-electron chi connectivity index (χ0n) is 10.7. The predicted octanol–water partition coefficient (Wildman–Crippen LogP) is 3.94. The van der Waals surface area contributed by atoms with Gasteiger partial charge in [0.05, 0.1) is 0 Å². The van der Waals surface area contributed by atoms with Gasteiger partial charge in [-0.2, -0.15) is 0 Å². The number of hydrogen-bond donors (Lipinski definition) is 1. The third-order valence-electron chi connectivity index (χ3n) is 2.51. The Bertz CT molecular complexity index is 315. The summed E-state index contributed by atoms with van der Waals surface area (Å²) in [6.07, 6.45) is 2.50. The number of benzene rings is 1. The van der Waals surface area contributed by atoms with Crippen LogP contribution in [0.2, 0.25) is 0 Å². The SMILES string of the molecule is CC(C)CCCNCCSc1ccccc1F. The van der Waals surface area contributed by atoms with Crippen LogP contribution in [-0.4, -0.2) is 18.8 Å². The van der Waals surface area contributed by atoms with Crippen molar-refractivity contribution in [1.29, 1.82) is 0 Å². The fourth-order valence-electron chi connectivity index (χ4n) is 1.56. The molecule has 0 saturated carbocycles. The summed E-state index contributed by atoms with van der Waals surface area (Å²) in [5, 5.41) is 3.39. The van der Waals surface area contributed by atoms with Crippen molar-refractivity contribution in [2.24, 2.45) is 5.92 Å². The molecule has 1 rings (SSSR count). The highest BCUT2D eigenvalue weighted by Crippen LogP contribution is 2.20. The number of thioether (sulfide) groups is 1. The molecule has 0 amide bonds. The normalized spacial score (nSPS) is 11.1. The number of halogens is 1. The molecule has 1 aromatic carbocycles. The molecule has 96 valence electrons. The maximum absolute atomic E-state index is 13.3. The van der Waals surface area contributed by atoms with Gasteiger partial charge in [0.2, 0.25) is 0 Å². The standard InChI is InChI=1S/C14H22FNS/c1-12(2)6-5-9-16-10-11-17-14-8-4-3-7-13(14)15/h3-4,7-8,12,16H,5-6,9-11H2,1-2H3. The van der Waals surface area contributed by atoms with Gasteiger partial charge in [-0.1, -0.05) is 26.0 Å². The summed E-state index contributed by atoms with van der Waals surface area (Å²) in [5.41, 5.74) is 0. The van der Waals surface area contributed by atoms with Crippen LogP contribution >= 0.6 is 11.8 Å². The second kappa shape index (κ2) is 8.54. The Balaban J connectivity index is 2.03. The first-order valence-corrected chi connectivity index (χ1v) is 7.26. The van der Waals surface area contributed by atoms with Crippen LogP contribution in [0.5, 0.6) is 0 Å². The molecule has 0 heterocycles. The van der Waals surface area contributed by atoms with Gasteiger partial charge in [0, 0.05) is 17.2 Å². The number of nitrogens with one attached hydrogen (secondary N) is 1. The highest BCUT2D eigenvalue weighted by molar-refractivity contribution is 7.99. The van der Waals surface area contributed by atoms with Crippen LogP contribution < -0.4 is 5.32 Å². The maximum atomic E-state index is 13.3. The quantitative estimate of drug-likeness (QED) is 0.558. The summed E-state index contributed by atoms with van der Waals surface area (Å²) in [6.45, 7) is 6.50. The van der Waals surface area contributed by atoms with Crippen molar-refractivity contribution in [3.8, 4) is 0 Å². The van der Waals surface area contributed by atoms with Crippen molar-refractivity contribution in [2.45, 2.75) is 31.6 Å². The van der Waals surface area contributed by atoms with E-state index in [0.29, 0.717) is 0 Å². The first-order chi connectivity index (χ1) is 8.20. The van der Waals surface area contributed by atoms with Crippen LogP contribution in [-0.2, 0) is 0 Å². The maximum Gasteiger partial charge on any atom is 0.136 e. The largest absolute Gasteiger partial charge is 0.316 e. The molecule has 0 aliphatic rings. The molecule has 0 aliphatic carbocycles. The van der Waals surface area contributed by atoms with Crippen LogP contribution in [0.3, 0.4) is 0 Å². The molecule has 0 saturated heterocycles. The molecule has 17 heavy (non-hydrogen) atoms. The van der Waals surface area contributed by atoms with E-state index in [1.165, 1.54) is 18.9 Å². The first kappa shape index (κ1) is 14.5. The van der Waals surface area contributed by atoms with Crippen molar-refractivity contribution >= 4 is 11.8 Å². The van der Waals surface area contributed by atoms with Crippen molar-refractivity contribution < 1.29 is 4.39 Å². The summed E-state index contributed by atoms with van der Waals surface area (Å²) in [5.74, 6) is 1.59. The zero-order valence-corrected chi connectivity index (χ0v) is 11.5. The molecule has 0 aromatic heterocycles. The Kier molecular flexibility index (Phi) is 7.29. The molecule has 3 heteroatoms. The summed E-state index contributed by atoms with van der Waals surface area (Å²) in [7, 11) is 0. The van der Waals surface area contributed by atoms with E-state index in [4.69, 9.17) is 0 Å². The summed E-state index contributed by atoms with van der Waals surface area (Å²) >= 11 is 1.57. The van der Waals surface area contributed by atoms with Gasteiger partial charge in [0.25, 0.3) is 0 Å². The van der Waals surface area contributed by atoms with Gasteiger partial charge in [-0.25, -0.2) is 4.39 Å². The lowest BCUT2D eigenvalue weighted by atomic mass is 10.1. The van der Waals surface area contributed by atoms with Crippen molar-refractivity contribution in [1.82, 2.24) is 5.32 Å². The summed E-state index contributed by atoms with van der Waals surface area (Å²) < 4.78 is 13.3. The van der Waals surface area contributed by atoms with E-state index in [1.807, 2.05) is 12.1 Å². The van der Waals surface area contributed by atoms with E-state index in [0.717, 1.165) is 29.7 Å². The number of hydrogen-bond acceptors (Lipinski definition) is 2. The van der Waals surface area contributed by atoms with E-state index >= 15 is 0 Å². The lowest BCUT2D eigenvalue weighted by Gasteiger charge is -2.06. The minimum atomic E-state index is -0.114. The second-order valence-corrected chi connectivity index (χ2v) is 5.70. The van der Waals surface area contributed by atoms with Crippen LogP contribution in [0.1, 0.15) is 26.7 Å². The van der Waals surface area contributed by atoms with Crippen molar-refractivity contribution in [3.63, 3.8) is 0 Å². The van der Waals surface area contributed by atoms with Crippen LogP contribution in [0, 0.1) is 11.7 Å². The molecule has 0 atom stereocenters. The molecule has 0 unspecified atom stereocenters. The third-order valence-corrected chi connectivity index (χ3v) is 3.56. The van der Waals surface area contributed by atoms with Gasteiger partial charge in [-0.15, -0.1) is 11.8 Å². The third kappa shape index (κ3) is 6.69. The highest BCUT2D eigenvalue weighted by atomic mass is 32.2. The molecule has 0 fully saturated rings. The van der Waals surface area contributed by atoms with E-state index in [9.17, 15) is 4.39 Å². The van der Waals surface area contributed by atoms with Crippen molar-refractivity contribution in [2.75, 3.05) is 18.8 Å². The van der Waals surface area contributed by atoms with Gasteiger partial charge in [0.15, 0.2) is 0 Å². The zero-order chi connectivity index (χ0) is 12.5. The first-order valence-electron chi connectivity index (χ1n) is 6.28. The smallest absolute Gasteiger partial charge is 0.136 e. The lowest BCUT2D eigenvalue weighted by Crippen LogP contribution is -2.18. The van der Waals surface area contributed by atoms with Crippen LogP contribution in [0.15, 0.2) is 29.2 Å². The Labute approximate surface area is 108 Å². The fourth-order valence-corrected chi connectivity index (χ4v) is 2.40. The van der Waals surface area contributed by atoms with Gasteiger partial charge in [-0.3, -0.25) is 0 Å². The summed E-state index contributed by atoms with van der Waals surface area (Å²) in [4.78, 5) is 0.747. The Morgan fingerprint density at radius 1 is 1.24 bits per heavy atom. The van der Waals surface area contributed by atoms with Gasteiger partial charge in [0.1, 0.15) is 5.82 Å². The molecular formula is C14H22FNS. The minimum Gasteiger partial charge on any atom is -0.316 e. The minimum absolute atomic E-state index is 0.114. The van der Waals surface area contributed by atoms with Gasteiger partial charge >= 0.3 is 0 Å².